The molecule has 3 aromatic rings. The van der Waals surface area contributed by atoms with E-state index in [1.54, 1.807) is 18.1 Å². The molecule has 1 aromatic carbocycles. The van der Waals surface area contributed by atoms with Crippen molar-refractivity contribution in [3.05, 3.63) is 53.9 Å². The van der Waals surface area contributed by atoms with Crippen LogP contribution in [-0.4, -0.2) is 54.7 Å². The van der Waals surface area contributed by atoms with Crippen molar-refractivity contribution < 1.29 is 14.3 Å². The molecule has 5 rings (SSSR count). The zero-order valence-corrected chi connectivity index (χ0v) is 16.9. The van der Waals surface area contributed by atoms with Gasteiger partial charge >= 0.3 is 6.01 Å². The van der Waals surface area contributed by atoms with Crippen LogP contribution in [0.1, 0.15) is 34.5 Å². The lowest BCUT2D eigenvalue weighted by atomic mass is 9.74. The molecule has 10 heteroatoms. The lowest BCUT2D eigenvalue weighted by Gasteiger charge is -2.33. The molecule has 10 nitrogen and oxygen atoms in total. The van der Waals surface area contributed by atoms with Gasteiger partial charge in [-0.3, -0.25) is 9.59 Å². The number of rotatable bonds is 3. The van der Waals surface area contributed by atoms with Crippen molar-refractivity contribution >= 4 is 17.5 Å². The predicted octanol–water partition coefficient (Wildman–Crippen LogP) is 1.03. The smallest absolute Gasteiger partial charge is 0.314 e. The second-order valence-corrected chi connectivity index (χ2v) is 7.56. The van der Waals surface area contributed by atoms with E-state index in [1.165, 1.54) is 11.8 Å². The van der Waals surface area contributed by atoms with Crippen molar-refractivity contribution in [1.82, 2.24) is 29.2 Å². The molecule has 1 fully saturated rings. The molecule has 4 heterocycles. The summed E-state index contributed by atoms with van der Waals surface area (Å²) in [7, 11) is 4.99. The van der Waals surface area contributed by atoms with Gasteiger partial charge < -0.3 is 19.5 Å². The molecule has 2 aliphatic rings. The highest BCUT2D eigenvalue weighted by molar-refractivity contribution is 6.08. The summed E-state index contributed by atoms with van der Waals surface area (Å²) >= 11 is 0. The zero-order chi connectivity index (χ0) is 21.0. The summed E-state index contributed by atoms with van der Waals surface area (Å²) in [4.78, 5) is 37.2. The van der Waals surface area contributed by atoms with Crippen molar-refractivity contribution in [2.75, 3.05) is 19.0 Å². The molecular formula is C20H21N7O3. The van der Waals surface area contributed by atoms with Crippen LogP contribution in [0, 0.1) is 0 Å². The number of ether oxygens (including phenoxy) is 1. The third-order valence-corrected chi connectivity index (χ3v) is 6.05. The highest BCUT2D eigenvalue weighted by atomic mass is 16.5. The average Bonchev–Trinajstić information content (AvgIpc) is 3.48. The van der Waals surface area contributed by atoms with Crippen LogP contribution in [0.4, 0.5) is 5.69 Å². The van der Waals surface area contributed by atoms with Gasteiger partial charge in [-0.15, -0.1) is 5.10 Å². The topological polar surface area (TPSA) is 107 Å². The predicted molar refractivity (Wildman–Crippen MR) is 106 cm³/mol. The van der Waals surface area contributed by atoms with Crippen LogP contribution in [-0.2, 0) is 24.3 Å². The molecule has 0 unspecified atom stereocenters. The first-order valence-corrected chi connectivity index (χ1v) is 9.61. The van der Waals surface area contributed by atoms with Crippen molar-refractivity contribution in [2.45, 2.75) is 17.9 Å². The number of nitrogens with one attached hydrogen (secondary N) is 1. The lowest BCUT2D eigenvalue weighted by molar-refractivity contribution is -0.121. The first-order chi connectivity index (χ1) is 14.5. The summed E-state index contributed by atoms with van der Waals surface area (Å²) in [5.74, 6) is 0.169. The SMILES string of the molecule is COc1nc(C(=O)N2CC[C@]3(C(=O)Nc4ccccc43)[C@@H]2c2nccn2C)nn1C. The molecule has 2 atom stereocenters. The molecular weight excluding hydrogens is 386 g/mol. The van der Waals surface area contributed by atoms with E-state index in [2.05, 4.69) is 20.4 Å². The third kappa shape index (κ3) is 2.33. The molecule has 0 bridgehead atoms. The molecule has 0 aliphatic carbocycles. The van der Waals surface area contributed by atoms with E-state index < -0.39 is 11.5 Å². The van der Waals surface area contributed by atoms with Crippen LogP contribution >= 0.6 is 0 Å². The van der Waals surface area contributed by atoms with Crippen LogP contribution in [0.25, 0.3) is 0 Å². The molecule has 0 radical (unpaired) electrons. The number of carbonyl (C=O) groups excluding carboxylic acids is 2. The summed E-state index contributed by atoms with van der Waals surface area (Å²) in [6.07, 6.45) is 3.96. The summed E-state index contributed by atoms with van der Waals surface area (Å²) in [6.45, 7) is 0.374. The Morgan fingerprint density at radius 1 is 1.30 bits per heavy atom. The molecule has 0 saturated carbocycles. The number of hydrogen-bond acceptors (Lipinski definition) is 6. The number of fused-ring (bicyclic) bond motifs is 2. The van der Waals surface area contributed by atoms with Gasteiger partial charge in [0.15, 0.2) is 0 Å². The summed E-state index contributed by atoms with van der Waals surface area (Å²) in [6, 6.07) is 7.27. The first kappa shape index (κ1) is 18.3. The Labute approximate surface area is 172 Å². The van der Waals surface area contributed by atoms with Gasteiger partial charge in [-0.25, -0.2) is 9.67 Å². The maximum Gasteiger partial charge on any atom is 0.314 e. The Kier molecular flexibility index (Phi) is 3.92. The first-order valence-electron chi connectivity index (χ1n) is 9.61. The Bertz CT molecular complexity index is 1170. The van der Waals surface area contributed by atoms with E-state index in [9.17, 15) is 9.59 Å². The van der Waals surface area contributed by atoms with Crippen LogP contribution in [0.2, 0.25) is 0 Å². The molecule has 1 saturated heterocycles. The van der Waals surface area contributed by atoms with Gasteiger partial charge in [0.25, 0.3) is 5.91 Å². The number of likely N-dealkylation sites (tertiary alicyclic amines) is 1. The normalized spacial score (nSPS) is 22.4. The van der Waals surface area contributed by atoms with Crippen LogP contribution in [0.5, 0.6) is 6.01 Å². The number of aryl methyl sites for hydroxylation is 2. The van der Waals surface area contributed by atoms with E-state index in [-0.39, 0.29) is 23.6 Å². The zero-order valence-electron chi connectivity index (χ0n) is 16.9. The standard InChI is InChI=1S/C20H21N7O3/c1-25-11-9-21-16(25)14-20(12-6-4-5-7-13(12)22-18(20)29)8-10-27(14)17(28)15-23-19(30-3)26(2)24-15/h4-7,9,11,14H,8,10H2,1-3H3,(H,22,29)/t14-,20+/m0/s1. The largest absolute Gasteiger partial charge is 0.467 e. The van der Waals surface area contributed by atoms with Crippen molar-refractivity contribution in [3.8, 4) is 6.01 Å². The number of carbonyl (C=O) groups is 2. The number of hydrogen-bond donors (Lipinski definition) is 1. The summed E-state index contributed by atoms with van der Waals surface area (Å²) < 4.78 is 8.41. The number of amides is 2. The van der Waals surface area contributed by atoms with Crippen LogP contribution in [0.15, 0.2) is 36.7 Å². The van der Waals surface area contributed by atoms with Gasteiger partial charge in [0.2, 0.25) is 11.7 Å². The number of aromatic nitrogens is 5. The maximum absolute atomic E-state index is 13.5. The van der Waals surface area contributed by atoms with Gasteiger partial charge in [0.05, 0.1) is 7.11 Å². The number of anilines is 1. The average molecular weight is 407 g/mol. The van der Waals surface area contributed by atoms with Gasteiger partial charge in [-0.1, -0.05) is 18.2 Å². The highest BCUT2D eigenvalue weighted by Crippen LogP contribution is 2.54. The summed E-state index contributed by atoms with van der Waals surface area (Å²) in [5, 5.41) is 7.20. The number of nitrogens with zero attached hydrogens (tertiary/aromatic N) is 6. The minimum atomic E-state index is -0.926. The van der Waals surface area contributed by atoms with Crippen LogP contribution in [0.3, 0.4) is 0 Å². The third-order valence-electron chi connectivity index (χ3n) is 6.05. The van der Waals surface area contributed by atoms with Gasteiger partial charge in [-0.2, -0.15) is 4.98 Å². The van der Waals surface area contributed by atoms with E-state index in [4.69, 9.17) is 4.74 Å². The molecule has 2 aromatic heterocycles. The number of benzene rings is 1. The summed E-state index contributed by atoms with van der Waals surface area (Å²) in [5.41, 5.74) is 0.725. The molecule has 154 valence electrons. The van der Waals surface area contributed by atoms with Crippen molar-refractivity contribution in [3.63, 3.8) is 0 Å². The van der Waals surface area contributed by atoms with Crippen molar-refractivity contribution in [1.29, 1.82) is 0 Å². The minimum Gasteiger partial charge on any atom is -0.467 e. The number of methoxy groups -OCH3 is 1. The van der Waals surface area contributed by atoms with E-state index in [0.29, 0.717) is 18.8 Å². The molecule has 1 spiro atoms. The molecule has 1 N–H and O–H groups in total. The van der Waals surface area contributed by atoms with Gasteiger partial charge in [-0.05, 0) is 18.1 Å². The Morgan fingerprint density at radius 3 is 2.80 bits per heavy atom. The Hall–Kier alpha value is -3.69. The van der Waals surface area contributed by atoms with Crippen molar-refractivity contribution in [2.24, 2.45) is 14.1 Å². The molecule has 2 amide bonds. The molecule has 30 heavy (non-hydrogen) atoms. The Morgan fingerprint density at radius 2 is 2.10 bits per heavy atom. The fraction of sp³-hybridized carbons (Fsp3) is 0.350. The van der Waals surface area contributed by atoms with E-state index in [0.717, 1.165) is 11.3 Å². The van der Waals surface area contributed by atoms with Gasteiger partial charge in [0, 0.05) is 38.7 Å². The second-order valence-electron chi connectivity index (χ2n) is 7.56. The van der Waals surface area contributed by atoms with E-state index in [1.807, 2.05) is 42.1 Å². The number of imidazole rings is 1. The second kappa shape index (κ2) is 6.41. The molecule has 2 aliphatic heterocycles. The monoisotopic (exact) mass is 407 g/mol. The number of para-hydroxylation sites is 1. The maximum atomic E-state index is 13.5. The fourth-order valence-corrected chi connectivity index (χ4v) is 4.67. The van der Waals surface area contributed by atoms with Crippen LogP contribution < -0.4 is 10.1 Å². The van der Waals surface area contributed by atoms with Gasteiger partial charge in [0.1, 0.15) is 17.3 Å². The quantitative estimate of drug-likeness (QED) is 0.695. The highest BCUT2D eigenvalue weighted by Gasteiger charge is 2.61. The fourth-order valence-electron chi connectivity index (χ4n) is 4.67. The Balaban J connectivity index is 1.66. The lowest BCUT2D eigenvalue weighted by Crippen LogP contribution is -2.44. The minimum absolute atomic E-state index is 0.0253. The van der Waals surface area contributed by atoms with E-state index >= 15 is 0 Å².